The minimum absolute atomic E-state index is 0.0862. The summed E-state index contributed by atoms with van der Waals surface area (Å²) in [6.45, 7) is 14.9. The minimum atomic E-state index is -0.335. The Morgan fingerprint density at radius 2 is 1.11 bits per heavy atom. The Labute approximate surface area is 262 Å². The van der Waals surface area contributed by atoms with E-state index in [1.807, 2.05) is 84.0 Å². The fraction of sp³-hybridized carbons (Fsp3) is 0.229. The van der Waals surface area contributed by atoms with E-state index in [2.05, 4.69) is 15.3 Å². The smallest absolute Gasteiger partial charge is 0.167 e. The van der Waals surface area contributed by atoms with Crippen molar-refractivity contribution in [3.05, 3.63) is 124 Å². The van der Waals surface area contributed by atoms with E-state index in [4.69, 9.17) is 0 Å². The number of hydrogen-bond acceptors (Lipinski definition) is 6. The van der Waals surface area contributed by atoms with Crippen molar-refractivity contribution < 1.29 is 19.7 Å². The van der Waals surface area contributed by atoms with Crippen LogP contribution in [0.25, 0.3) is 17.1 Å². The lowest BCUT2D eigenvalue weighted by Gasteiger charge is -2.08. The van der Waals surface area contributed by atoms with Crippen LogP contribution in [0.4, 0.5) is 4.39 Å². The highest BCUT2D eigenvalue weighted by Crippen LogP contribution is 2.27. The number of para-hydroxylation sites is 3. The average molecular weight is 611 g/mol. The largest absolute Gasteiger partial charge is 0.506 e. The molecule has 3 aromatic carbocycles. The van der Waals surface area contributed by atoms with E-state index in [1.54, 1.807) is 53.5 Å². The summed E-state index contributed by atoms with van der Waals surface area (Å²) in [6.07, 6.45) is 0. The third-order valence-electron chi connectivity index (χ3n) is 7.14. The summed E-state index contributed by atoms with van der Waals surface area (Å²) < 4.78 is 18.3. The van der Waals surface area contributed by atoms with Crippen LogP contribution in [-0.4, -0.2) is 44.7 Å². The van der Waals surface area contributed by atoms with Gasteiger partial charge in [0.15, 0.2) is 5.82 Å². The van der Waals surface area contributed by atoms with Gasteiger partial charge in [0.25, 0.3) is 0 Å². The third-order valence-corrected chi connectivity index (χ3v) is 7.14. The summed E-state index contributed by atoms with van der Waals surface area (Å²) >= 11 is 0. The number of aryl methyl sites for hydroxylation is 7. The molecule has 3 N–H and O–H groups in total. The number of hydrogen-bond donors (Lipinski definition) is 3. The Morgan fingerprint density at radius 1 is 0.556 bits per heavy atom. The predicted octanol–water partition coefficient (Wildman–Crippen LogP) is 7.34. The molecular weight excluding hydrogens is 571 g/mol. The van der Waals surface area contributed by atoms with Gasteiger partial charge in [0, 0.05) is 11.4 Å². The molecule has 0 saturated heterocycles. The van der Waals surface area contributed by atoms with E-state index in [9.17, 15) is 19.7 Å². The molecule has 6 rings (SSSR count). The van der Waals surface area contributed by atoms with Crippen molar-refractivity contribution in [2.75, 3.05) is 0 Å². The molecule has 3 heterocycles. The van der Waals surface area contributed by atoms with Crippen molar-refractivity contribution in [2.24, 2.45) is 0 Å². The average Bonchev–Trinajstić information content (AvgIpc) is 3.60. The number of halogens is 1. The van der Waals surface area contributed by atoms with Gasteiger partial charge >= 0.3 is 0 Å². The van der Waals surface area contributed by atoms with Crippen LogP contribution in [0.1, 0.15) is 45.3 Å². The molecule has 9 nitrogen and oxygen atoms in total. The maximum Gasteiger partial charge on any atom is 0.167 e. The molecule has 45 heavy (non-hydrogen) atoms. The second-order valence-corrected chi connectivity index (χ2v) is 11.0. The third kappa shape index (κ3) is 7.23. The number of aromatic hydroxyl groups is 3. The molecule has 0 aliphatic rings. The molecule has 234 valence electrons. The van der Waals surface area contributed by atoms with E-state index in [0.29, 0.717) is 22.8 Å². The van der Waals surface area contributed by atoms with Gasteiger partial charge in [-0.3, -0.25) is 0 Å². The van der Waals surface area contributed by atoms with Crippen LogP contribution in [0.2, 0.25) is 0 Å². The maximum atomic E-state index is 13.4. The lowest BCUT2D eigenvalue weighted by molar-refractivity contribution is 0.465. The normalized spacial score (nSPS) is 10.6. The van der Waals surface area contributed by atoms with Crippen molar-refractivity contribution in [2.45, 2.75) is 55.4 Å². The molecule has 3 aromatic heterocycles. The second-order valence-electron chi connectivity index (χ2n) is 11.0. The zero-order valence-electron chi connectivity index (χ0n) is 26.8. The van der Waals surface area contributed by atoms with Gasteiger partial charge < -0.3 is 15.3 Å². The van der Waals surface area contributed by atoms with Gasteiger partial charge in [0.1, 0.15) is 34.3 Å². The Kier molecular flexibility index (Phi) is 9.76. The highest BCUT2D eigenvalue weighted by atomic mass is 19.1. The SMILES string of the molecule is Cc1cc(C)n(-c2cccc(C)c2O)n1.Cc1ccc(O)c(-n2nc(C)cc2C)c1.Cc1nn(-c2ccccc2O)c(C)c1F. The first-order valence-electron chi connectivity index (χ1n) is 14.4. The summed E-state index contributed by atoms with van der Waals surface area (Å²) in [7, 11) is 0. The Balaban J connectivity index is 0.000000154. The lowest BCUT2D eigenvalue weighted by atomic mass is 10.2. The molecule has 0 radical (unpaired) electrons. The molecule has 0 atom stereocenters. The van der Waals surface area contributed by atoms with Crippen LogP contribution in [0.5, 0.6) is 17.2 Å². The van der Waals surface area contributed by atoms with Gasteiger partial charge in [-0.15, -0.1) is 0 Å². The molecule has 0 bridgehead atoms. The second kappa shape index (κ2) is 13.5. The zero-order chi connectivity index (χ0) is 33.0. The van der Waals surface area contributed by atoms with Crippen molar-refractivity contribution in [1.29, 1.82) is 0 Å². The standard InChI is InChI=1S/2C12H14N2O.C11H11FN2O/c1-8-4-5-12(15)11(6-8)14-10(3)7-9(2)13-14;1-8-5-4-6-11(12(8)15)14-10(3)7-9(2)13-14;1-7-11(12)8(2)14(13-7)9-5-3-4-6-10(9)15/h2*4-7,15H,1-3H3;3-6,15H,1-2H3. The summed E-state index contributed by atoms with van der Waals surface area (Å²) in [6, 6.07) is 21.8. The zero-order valence-corrected chi connectivity index (χ0v) is 26.8. The number of phenolic OH excluding ortho intramolecular Hbond substituents is 3. The first-order chi connectivity index (χ1) is 21.3. The molecular formula is C35H39FN6O3. The molecule has 0 saturated carbocycles. The molecule has 0 aliphatic carbocycles. The molecule has 0 aliphatic heterocycles. The molecule has 0 amide bonds. The summed E-state index contributed by atoms with van der Waals surface area (Å²) in [4.78, 5) is 0. The van der Waals surface area contributed by atoms with Crippen LogP contribution >= 0.6 is 0 Å². The summed E-state index contributed by atoms with van der Waals surface area (Å²) in [5, 5.41) is 42.0. The number of nitrogens with zero attached hydrogens (tertiary/aromatic N) is 6. The summed E-state index contributed by atoms with van der Waals surface area (Å²) in [5.74, 6) is 0.303. The quantitative estimate of drug-likeness (QED) is 0.193. The molecule has 10 heteroatoms. The first-order valence-corrected chi connectivity index (χ1v) is 14.4. The predicted molar refractivity (Wildman–Crippen MR) is 174 cm³/mol. The first kappa shape index (κ1) is 32.5. The minimum Gasteiger partial charge on any atom is -0.506 e. The number of benzene rings is 3. The van der Waals surface area contributed by atoms with Crippen LogP contribution in [0.15, 0.2) is 72.8 Å². The Bertz CT molecular complexity index is 1910. The topological polar surface area (TPSA) is 114 Å². The van der Waals surface area contributed by atoms with Crippen LogP contribution < -0.4 is 0 Å². The van der Waals surface area contributed by atoms with E-state index in [-0.39, 0.29) is 17.3 Å². The summed E-state index contributed by atoms with van der Waals surface area (Å²) in [5.41, 5.74) is 8.60. The van der Waals surface area contributed by atoms with Crippen LogP contribution in [0, 0.1) is 61.2 Å². The van der Waals surface area contributed by atoms with Gasteiger partial charge in [-0.1, -0.05) is 30.3 Å². The van der Waals surface area contributed by atoms with Gasteiger partial charge in [-0.2, -0.15) is 15.3 Å². The van der Waals surface area contributed by atoms with Crippen molar-refractivity contribution >= 4 is 0 Å². The van der Waals surface area contributed by atoms with Gasteiger partial charge in [0.2, 0.25) is 0 Å². The van der Waals surface area contributed by atoms with Gasteiger partial charge in [-0.25, -0.2) is 18.4 Å². The number of phenols is 3. The highest BCUT2D eigenvalue weighted by Gasteiger charge is 2.14. The van der Waals surface area contributed by atoms with Gasteiger partial charge in [0.05, 0.1) is 22.8 Å². The van der Waals surface area contributed by atoms with Crippen molar-refractivity contribution in [3.8, 4) is 34.3 Å². The molecule has 0 fully saturated rings. The van der Waals surface area contributed by atoms with Crippen molar-refractivity contribution in [1.82, 2.24) is 29.3 Å². The fourth-order valence-corrected chi connectivity index (χ4v) is 4.86. The van der Waals surface area contributed by atoms with Gasteiger partial charge in [-0.05, 0) is 109 Å². The Morgan fingerprint density at radius 3 is 1.64 bits per heavy atom. The van der Waals surface area contributed by atoms with Crippen LogP contribution in [-0.2, 0) is 0 Å². The van der Waals surface area contributed by atoms with Crippen molar-refractivity contribution in [3.63, 3.8) is 0 Å². The fourth-order valence-electron chi connectivity index (χ4n) is 4.86. The number of aromatic nitrogens is 6. The van der Waals surface area contributed by atoms with E-state index in [1.165, 1.54) is 4.68 Å². The lowest BCUT2D eigenvalue weighted by Crippen LogP contribution is -1.99. The highest BCUT2D eigenvalue weighted by molar-refractivity contribution is 5.51. The molecule has 0 unspecified atom stereocenters. The van der Waals surface area contributed by atoms with E-state index in [0.717, 1.165) is 45.3 Å². The number of rotatable bonds is 3. The monoisotopic (exact) mass is 610 g/mol. The van der Waals surface area contributed by atoms with E-state index >= 15 is 0 Å². The van der Waals surface area contributed by atoms with Crippen LogP contribution in [0.3, 0.4) is 0 Å². The maximum absolute atomic E-state index is 13.4. The molecule has 6 aromatic rings. The molecule has 0 spiro atoms. The Hall–Kier alpha value is -5.38. The van der Waals surface area contributed by atoms with E-state index < -0.39 is 0 Å².